The first-order valence-corrected chi connectivity index (χ1v) is 4.70. The first-order chi connectivity index (χ1) is 5.83. The van der Waals surface area contributed by atoms with E-state index < -0.39 is 0 Å². The van der Waals surface area contributed by atoms with Crippen molar-refractivity contribution >= 4 is 0 Å². The normalized spacial score (nSPS) is 27.0. The molecular formula is C9H18O3. The molecule has 0 aromatic rings. The minimum Gasteiger partial charge on any atom is -0.393 e. The molecular weight excluding hydrogens is 156 g/mol. The lowest BCUT2D eigenvalue weighted by atomic mass is 10.1. The van der Waals surface area contributed by atoms with Gasteiger partial charge in [0.05, 0.1) is 32.0 Å². The zero-order chi connectivity index (χ0) is 8.81. The average Bonchev–Trinajstić information content (AvgIpc) is 2.86. The number of aliphatic hydroxyl groups is 1. The van der Waals surface area contributed by atoms with Gasteiger partial charge in [0.25, 0.3) is 0 Å². The maximum atomic E-state index is 9.18. The SMILES string of the molecule is C1CO1.CCCC(O)CC1CO1. The van der Waals surface area contributed by atoms with Crippen molar-refractivity contribution in [3.63, 3.8) is 0 Å². The molecule has 2 saturated heterocycles. The van der Waals surface area contributed by atoms with E-state index >= 15 is 0 Å². The van der Waals surface area contributed by atoms with Crippen molar-refractivity contribution in [1.82, 2.24) is 0 Å². The third-order valence-corrected chi connectivity index (χ3v) is 1.76. The molecule has 0 aromatic heterocycles. The molecule has 0 aromatic carbocycles. The van der Waals surface area contributed by atoms with Crippen molar-refractivity contribution < 1.29 is 14.6 Å². The van der Waals surface area contributed by atoms with Crippen LogP contribution in [-0.2, 0) is 9.47 Å². The molecule has 2 heterocycles. The lowest BCUT2D eigenvalue weighted by molar-refractivity contribution is 0.142. The second kappa shape index (κ2) is 5.51. The van der Waals surface area contributed by atoms with Crippen LogP contribution in [0.5, 0.6) is 0 Å². The first kappa shape index (κ1) is 9.96. The maximum Gasteiger partial charge on any atom is 0.0834 e. The molecule has 12 heavy (non-hydrogen) atoms. The van der Waals surface area contributed by atoms with Crippen molar-refractivity contribution in [3.8, 4) is 0 Å². The smallest absolute Gasteiger partial charge is 0.0834 e. The van der Waals surface area contributed by atoms with Gasteiger partial charge >= 0.3 is 0 Å². The molecule has 0 radical (unpaired) electrons. The molecule has 0 aliphatic carbocycles. The molecule has 72 valence electrons. The number of epoxide rings is 2. The van der Waals surface area contributed by atoms with Gasteiger partial charge in [0.1, 0.15) is 0 Å². The molecule has 2 aliphatic rings. The van der Waals surface area contributed by atoms with E-state index in [-0.39, 0.29) is 6.10 Å². The molecule has 0 amide bonds. The van der Waals surface area contributed by atoms with Crippen molar-refractivity contribution in [2.75, 3.05) is 19.8 Å². The first-order valence-electron chi connectivity index (χ1n) is 4.70. The summed E-state index contributed by atoms with van der Waals surface area (Å²) >= 11 is 0. The Morgan fingerprint density at radius 1 is 1.50 bits per heavy atom. The fraction of sp³-hybridized carbons (Fsp3) is 1.00. The average molecular weight is 174 g/mol. The highest BCUT2D eigenvalue weighted by molar-refractivity contribution is 4.72. The minimum absolute atomic E-state index is 0.123. The Morgan fingerprint density at radius 2 is 2.08 bits per heavy atom. The second-order valence-electron chi connectivity index (χ2n) is 3.25. The van der Waals surface area contributed by atoms with Crippen LogP contribution < -0.4 is 0 Å². The molecule has 3 heteroatoms. The summed E-state index contributed by atoms with van der Waals surface area (Å²) in [7, 11) is 0. The van der Waals surface area contributed by atoms with Gasteiger partial charge in [0.2, 0.25) is 0 Å². The second-order valence-corrected chi connectivity index (χ2v) is 3.25. The zero-order valence-corrected chi connectivity index (χ0v) is 7.66. The van der Waals surface area contributed by atoms with Crippen LogP contribution in [0, 0.1) is 0 Å². The van der Waals surface area contributed by atoms with Crippen LogP contribution in [-0.4, -0.2) is 37.1 Å². The molecule has 0 saturated carbocycles. The molecule has 1 N–H and O–H groups in total. The Labute approximate surface area is 73.7 Å². The summed E-state index contributed by atoms with van der Waals surface area (Å²) in [4.78, 5) is 0. The van der Waals surface area contributed by atoms with E-state index in [1.165, 1.54) is 0 Å². The predicted molar refractivity (Wildman–Crippen MR) is 46.1 cm³/mol. The number of ether oxygens (including phenoxy) is 2. The summed E-state index contributed by atoms with van der Waals surface area (Å²) in [5, 5.41) is 9.18. The largest absolute Gasteiger partial charge is 0.393 e. The van der Waals surface area contributed by atoms with E-state index in [0.717, 1.165) is 39.1 Å². The number of aliphatic hydroxyl groups excluding tert-OH is 1. The van der Waals surface area contributed by atoms with E-state index in [1.54, 1.807) is 0 Å². The third-order valence-electron chi connectivity index (χ3n) is 1.76. The predicted octanol–water partition coefficient (Wildman–Crippen LogP) is 0.953. The highest BCUT2D eigenvalue weighted by atomic mass is 16.6. The summed E-state index contributed by atoms with van der Waals surface area (Å²) in [6, 6.07) is 0. The van der Waals surface area contributed by atoms with Gasteiger partial charge in [-0.1, -0.05) is 13.3 Å². The highest BCUT2D eigenvalue weighted by Gasteiger charge is 2.24. The standard InChI is InChI=1S/C7H14O2.C2H4O/c1-2-3-6(8)4-7-5-9-7;1-2-3-1/h6-8H,2-5H2,1H3;1-2H2. The van der Waals surface area contributed by atoms with Crippen molar-refractivity contribution in [3.05, 3.63) is 0 Å². The molecule has 2 unspecified atom stereocenters. The minimum atomic E-state index is -0.123. The summed E-state index contributed by atoms with van der Waals surface area (Å²) in [6.07, 6.45) is 3.08. The lowest BCUT2D eigenvalue weighted by Gasteiger charge is -2.04. The van der Waals surface area contributed by atoms with Crippen molar-refractivity contribution in [2.24, 2.45) is 0 Å². The van der Waals surface area contributed by atoms with Crippen LogP contribution in [0.1, 0.15) is 26.2 Å². The zero-order valence-electron chi connectivity index (χ0n) is 7.66. The number of hydrogen-bond donors (Lipinski definition) is 1. The van der Waals surface area contributed by atoms with Gasteiger partial charge in [-0.3, -0.25) is 0 Å². The van der Waals surface area contributed by atoms with Crippen LogP contribution in [0.2, 0.25) is 0 Å². The fourth-order valence-corrected chi connectivity index (χ4v) is 0.959. The van der Waals surface area contributed by atoms with Gasteiger partial charge in [-0.15, -0.1) is 0 Å². The van der Waals surface area contributed by atoms with E-state index in [1.807, 2.05) is 0 Å². The Kier molecular flexibility index (Phi) is 4.58. The Hall–Kier alpha value is -0.120. The van der Waals surface area contributed by atoms with Crippen LogP contribution in [0.15, 0.2) is 0 Å². The number of hydrogen-bond acceptors (Lipinski definition) is 3. The lowest BCUT2D eigenvalue weighted by Crippen LogP contribution is -2.08. The molecule has 2 aliphatic heterocycles. The Bertz CT molecular complexity index is 108. The summed E-state index contributed by atoms with van der Waals surface area (Å²) in [6.45, 7) is 4.94. The van der Waals surface area contributed by atoms with Crippen LogP contribution >= 0.6 is 0 Å². The van der Waals surface area contributed by atoms with E-state index in [0.29, 0.717) is 6.10 Å². The van der Waals surface area contributed by atoms with Crippen molar-refractivity contribution in [2.45, 2.75) is 38.4 Å². The van der Waals surface area contributed by atoms with Crippen LogP contribution in [0.3, 0.4) is 0 Å². The van der Waals surface area contributed by atoms with Gasteiger partial charge < -0.3 is 14.6 Å². The Balaban J connectivity index is 0.000000200. The van der Waals surface area contributed by atoms with Crippen molar-refractivity contribution in [1.29, 1.82) is 0 Å². The van der Waals surface area contributed by atoms with Gasteiger partial charge in [-0.05, 0) is 6.42 Å². The Morgan fingerprint density at radius 3 is 2.42 bits per heavy atom. The molecule has 2 atom stereocenters. The monoisotopic (exact) mass is 174 g/mol. The molecule has 3 nitrogen and oxygen atoms in total. The third kappa shape index (κ3) is 6.58. The summed E-state index contributed by atoms with van der Waals surface area (Å²) in [5.41, 5.74) is 0. The van der Waals surface area contributed by atoms with E-state index in [2.05, 4.69) is 11.7 Å². The molecule has 0 spiro atoms. The molecule has 0 bridgehead atoms. The summed E-state index contributed by atoms with van der Waals surface area (Å²) in [5.74, 6) is 0. The van der Waals surface area contributed by atoms with Crippen LogP contribution in [0.4, 0.5) is 0 Å². The van der Waals surface area contributed by atoms with Gasteiger partial charge in [-0.2, -0.15) is 0 Å². The molecule has 2 rings (SSSR count). The van der Waals surface area contributed by atoms with Crippen LogP contribution in [0.25, 0.3) is 0 Å². The maximum absolute atomic E-state index is 9.18. The van der Waals surface area contributed by atoms with Gasteiger partial charge in [0.15, 0.2) is 0 Å². The van der Waals surface area contributed by atoms with Gasteiger partial charge in [0, 0.05) is 6.42 Å². The summed E-state index contributed by atoms with van der Waals surface area (Å²) < 4.78 is 9.47. The van der Waals surface area contributed by atoms with Gasteiger partial charge in [-0.25, -0.2) is 0 Å². The fourth-order valence-electron chi connectivity index (χ4n) is 0.959. The highest BCUT2D eigenvalue weighted by Crippen LogP contribution is 2.17. The molecule has 2 fully saturated rings. The quantitative estimate of drug-likeness (QED) is 0.645. The number of rotatable bonds is 4. The van der Waals surface area contributed by atoms with E-state index in [9.17, 15) is 5.11 Å². The topological polar surface area (TPSA) is 45.3 Å². The van der Waals surface area contributed by atoms with E-state index in [4.69, 9.17) is 4.74 Å².